The predicted octanol–water partition coefficient (Wildman–Crippen LogP) is 1.72. The third-order valence-electron chi connectivity index (χ3n) is 3.04. The lowest BCUT2D eigenvalue weighted by Crippen LogP contribution is -2.33. The van der Waals surface area contributed by atoms with Crippen molar-refractivity contribution in [1.82, 2.24) is 14.5 Å². The molecule has 0 bridgehead atoms. The van der Waals surface area contributed by atoms with Gasteiger partial charge in [-0.3, -0.25) is 0 Å². The Labute approximate surface area is 135 Å². The fraction of sp³-hybridized carbons (Fsp3) is 0.692. The summed E-state index contributed by atoms with van der Waals surface area (Å²) in [7, 11) is 2.20. The van der Waals surface area contributed by atoms with Crippen molar-refractivity contribution in [2.75, 3.05) is 40.8 Å². The van der Waals surface area contributed by atoms with Crippen LogP contribution in [-0.4, -0.2) is 58.4 Å². The van der Waals surface area contributed by atoms with Crippen LogP contribution >= 0.6 is 15.9 Å². The van der Waals surface area contributed by atoms with Crippen molar-refractivity contribution in [3.05, 3.63) is 16.5 Å². The van der Waals surface area contributed by atoms with Gasteiger partial charge in [0.2, 0.25) is 10.0 Å². The van der Waals surface area contributed by atoms with E-state index in [9.17, 15) is 8.42 Å². The molecule has 21 heavy (non-hydrogen) atoms. The Kier molecular flexibility index (Phi) is 7.35. The van der Waals surface area contributed by atoms with Crippen molar-refractivity contribution < 1.29 is 12.8 Å². The first-order chi connectivity index (χ1) is 9.82. The molecular weight excluding hydrogens is 358 g/mol. The van der Waals surface area contributed by atoms with Gasteiger partial charge in [0, 0.05) is 19.2 Å². The summed E-state index contributed by atoms with van der Waals surface area (Å²) in [6.45, 7) is 4.12. The summed E-state index contributed by atoms with van der Waals surface area (Å²) in [5.41, 5.74) is 0. The van der Waals surface area contributed by atoms with E-state index in [0.717, 1.165) is 13.0 Å². The monoisotopic (exact) mass is 381 g/mol. The quantitative estimate of drug-likeness (QED) is 0.705. The number of halogens is 1. The average molecular weight is 382 g/mol. The fourth-order valence-corrected chi connectivity index (χ4v) is 4.43. The van der Waals surface area contributed by atoms with Gasteiger partial charge in [-0.15, -0.1) is 0 Å². The molecule has 0 aliphatic carbocycles. The van der Waals surface area contributed by atoms with Gasteiger partial charge in [-0.25, -0.2) is 8.42 Å². The third-order valence-corrected chi connectivity index (χ3v) is 5.87. The Bertz CT molecular complexity index is 543. The van der Waals surface area contributed by atoms with Gasteiger partial charge in [0.1, 0.15) is 10.7 Å². The summed E-state index contributed by atoms with van der Waals surface area (Å²) in [4.78, 5) is 2.23. The Morgan fingerprint density at radius 2 is 2.00 bits per heavy atom. The highest BCUT2D eigenvalue weighted by Gasteiger charge is 2.28. The minimum Gasteiger partial charge on any atom is -0.452 e. The van der Waals surface area contributed by atoms with E-state index < -0.39 is 10.0 Å². The second kappa shape index (κ2) is 8.28. The molecule has 0 unspecified atom stereocenters. The molecule has 0 saturated heterocycles. The second-order valence-electron chi connectivity index (χ2n) is 5.03. The first kappa shape index (κ1) is 18.6. The van der Waals surface area contributed by atoms with Gasteiger partial charge in [0.15, 0.2) is 4.67 Å². The molecule has 0 fully saturated rings. The van der Waals surface area contributed by atoms with Crippen LogP contribution in [0.25, 0.3) is 0 Å². The number of rotatable bonds is 9. The molecule has 0 aliphatic heterocycles. The normalized spacial score (nSPS) is 12.5. The highest BCUT2D eigenvalue weighted by atomic mass is 79.9. The van der Waals surface area contributed by atoms with Crippen LogP contribution in [0.15, 0.2) is 20.0 Å². The molecule has 0 saturated carbocycles. The predicted molar refractivity (Wildman–Crippen MR) is 86.8 cm³/mol. The van der Waals surface area contributed by atoms with E-state index in [-0.39, 0.29) is 9.56 Å². The van der Waals surface area contributed by atoms with Gasteiger partial charge in [-0.2, -0.15) is 4.31 Å². The lowest BCUT2D eigenvalue weighted by atomic mass is 10.4. The maximum atomic E-state index is 12.7. The maximum Gasteiger partial charge on any atom is 0.247 e. The molecule has 1 heterocycles. The summed E-state index contributed by atoms with van der Waals surface area (Å²) < 4.78 is 32.5. The summed E-state index contributed by atoms with van der Waals surface area (Å²) in [5.74, 6) is 0.590. The van der Waals surface area contributed by atoms with Crippen LogP contribution in [-0.2, 0) is 16.6 Å². The molecule has 1 rings (SSSR count). The minimum atomic E-state index is -3.53. The highest BCUT2D eigenvalue weighted by molar-refractivity contribution is 9.10. The van der Waals surface area contributed by atoms with Crippen LogP contribution in [0.1, 0.15) is 19.1 Å². The molecule has 1 aromatic heterocycles. The lowest BCUT2D eigenvalue weighted by Gasteiger charge is -2.20. The molecule has 0 radical (unpaired) electrons. The minimum absolute atomic E-state index is 0.194. The maximum absolute atomic E-state index is 12.7. The number of hydrogen-bond donors (Lipinski definition) is 1. The molecule has 0 aromatic carbocycles. The lowest BCUT2D eigenvalue weighted by molar-refractivity contribution is 0.355. The largest absolute Gasteiger partial charge is 0.452 e. The molecule has 6 nitrogen and oxygen atoms in total. The van der Waals surface area contributed by atoms with Crippen LogP contribution < -0.4 is 5.32 Å². The summed E-state index contributed by atoms with van der Waals surface area (Å²) >= 11 is 3.20. The van der Waals surface area contributed by atoms with Crippen LogP contribution in [0.3, 0.4) is 0 Å². The molecule has 8 heteroatoms. The third kappa shape index (κ3) is 5.07. The Morgan fingerprint density at radius 1 is 1.33 bits per heavy atom. The van der Waals surface area contributed by atoms with E-state index in [1.807, 2.05) is 25.9 Å². The number of nitrogens with one attached hydrogen (secondary N) is 1. The van der Waals surface area contributed by atoms with Crippen molar-refractivity contribution in [3.8, 4) is 0 Å². The summed E-state index contributed by atoms with van der Waals surface area (Å²) in [6, 6.07) is 1.57. The van der Waals surface area contributed by atoms with E-state index in [1.165, 1.54) is 4.31 Å². The zero-order valence-electron chi connectivity index (χ0n) is 13.0. The van der Waals surface area contributed by atoms with Crippen molar-refractivity contribution in [3.63, 3.8) is 0 Å². The zero-order chi connectivity index (χ0) is 16.0. The number of sulfonamides is 1. The molecule has 1 aromatic rings. The number of hydrogen-bond acceptors (Lipinski definition) is 5. The highest BCUT2D eigenvalue weighted by Crippen LogP contribution is 2.28. The van der Waals surface area contributed by atoms with Crippen molar-refractivity contribution in [2.45, 2.75) is 24.8 Å². The molecule has 0 atom stereocenters. The van der Waals surface area contributed by atoms with Crippen LogP contribution in [0.2, 0.25) is 0 Å². The topological polar surface area (TPSA) is 65.8 Å². The second-order valence-corrected chi connectivity index (χ2v) is 7.66. The van der Waals surface area contributed by atoms with E-state index in [0.29, 0.717) is 25.4 Å². The first-order valence-electron chi connectivity index (χ1n) is 6.90. The molecular formula is C13H24BrN3O3S. The van der Waals surface area contributed by atoms with Gasteiger partial charge in [0.25, 0.3) is 0 Å². The van der Waals surface area contributed by atoms with Crippen LogP contribution in [0, 0.1) is 0 Å². The van der Waals surface area contributed by atoms with Gasteiger partial charge in [-0.1, -0.05) is 6.92 Å². The number of nitrogens with zero attached hydrogens (tertiary/aromatic N) is 2. The smallest absolute Gasteiger partial charge is 0.247 e. The molecule has 0 aliphatic rings. The van der Waals surface area contributed by atoms with Crippen molar-refractivity contribution >= 4 is 26.0 Å². The van der Waals surface area contributed by atoms with Gasteiger partial charge in [-0.05, 0) is 50.0 Å². The Balaban J connectivity index is 2.91. The number of furan rings is 1. The van der Waals surface area contributed by atoms with Gasteiger partial charge in [0.05, 0.1) is 6.54 Å². The molecule has 1 N–H and O–H groups in total. The van der Waals surface area contributed by atoms with E-state index >= 15 is 0 Å². The van der Waals surface area contributed by atoms with Gasteiger partial charge < -0.3 is 14.6 Å². The standard InChI is InChI=1S/C13H24BrN3O3S/c1-5-17(8-6-7-16(3)4)21(18,19)12-9-11(10-15-2)20-13(12)14/h9,15H,5-8,10H2,1-4H3. The van der Waals surface area contributed by atoms with E-state index in [4.69, 9.17) is 4.42 Å². The van der Waals surface area contributed by atoms with E-state index in [1.54, 1.807) is 13.1 Å². The van der Waals surface area contributed by atoms with Crippen molar-refractivity contribution in [1.29, 1.82) is 0 Å². The molecule has 0 amide bonds. The van der Waals surface area contributed by atoms with Crippen LogP contribution in [0.4, 0.5) is 0 Å². The van der Waals surface area contributed by atoms with Crippen molar-refractivity contribution in [2.24, 2.45) is 0 Å². The SMILES string of the molecule is CCN(CCCN(C)C)S(=O)(=O)c1cc(CNC)oc1Br. The van der Waals surface area contributed by atoms with Gasteiger partial charge >= 0.3 is 0 Å². The fourth-order valence-electron chi connectivity index (χ4n) is 1.99. The van der Waals surface area contributed by atoms with E-state index in [2.05, 4.69) is 21.2 Å². The molecule has 122 valence electrons. The summed E-state index contributed by atoms with van der Waals surface area (Å²) in [5, 5.41) is 2.94. The summed E-state index contributed by atoms with van der Waals surface area (Å²) in [6.07, 6.45) is 0.791. The Morgan fingerprint density at radius 3 is 2.52 bits per heavy atom. The Hall–Kier alpha value is -0.410. The average Bonchev–Trinajstić information content (AvgIpc) is 2.76. The van der Waals surface area contributed by atoms with Crippen LogP contribution in [0.5, 0.6) is 0 Å². The molecule has 0 spiro atoms. The zero-order valence-corrected chi connectivity index (χ0v) is 15.4. The first-order valence-corrected chi connectivity index (χ1v) is 9.13.